The minimum atomic E-state index is -0.728. The van der Waals surface area contributed by atoms with E-state index in [2.05, 4.69) is 15.2 Å². The number of nitrogens with one attached hydrogen (secondary N) is 2. The van der Waals surface area contributed by atoms with Crippen LogP contribution in [0, 0.1) is 0 Å². The van der Waals surface area contributed by atoms with Gasteiger partial charge in [0.05, 0.1) is 5.03 Å². The van der Waals surface area contributed by atoms with Crippen molar-refractivity contribution in [1.29, 1.82) is 0 Å². The average Bonchev–Trinajstić information content (AvgIpc) is 2.79. The summed E-state index contributed by atoms with van der Waals surface area (Å²) in [7, 11) is 0. The maximum atomic E-state index is 10.7. The van der Waals surface area contributed by atoms with E-state index in [0.717, 1.165) is 60.0 Å². The first-order chi connectivity index (χ1) is 15.1. The number of carboxylic acid groups (broad SMARTS) is 1. The largest absolute Gasteiger partial charge is 0.481 e. The van der Waals surface area contributed by atoms with Gasteiger partial charge in [0, 0.05) is 54.7 Å². The second-order valence-corrected chi connectivity index (χ2v) is 7.97. The van der Waals surface area contributed by atoms with Crippen molar-refractivity contribution in [1.82, 2.24) is 4.90 Å². The lowest BCUT2D eigenvalue weighted by Crippen LogP contribution is -2.62. The molecule has 5 nitrogen and oxygen atoms in total. The Morgan fingerprint density at radius 1 is 1.03 bits per heavy atom. The molecule has 0 unspecified atom stereocenters. The molecule has 3 N–H and O–H groups in total. The number of carbonyl (C=O) groups is 1. The zero-order valence-corrected chi connectivity index (χ0v) is 18.3. The van der Waals surface area contributed by atoms with Crippen LogP contribution >= 0.6 is 11.6 Å². The molecule has 1 aliphatic heterocycles. The topological polar surface area (TPSA) is 66.5 Å². The summed E-state index contributed by atoms with van der Waals surface area (Å²) in [5, 5.41) is 12.9. The van der Waals surface area contributed by atoms with Crippen molar-refractivity contribution >= 4 is 35.2 Å². The highest BCUT2D eigenvalue weighted by atomic mass is 35.5. The van der Waals surface area contributed by atoms with E-state index in [1.54, 1.807) is 0 Å². The fourth-order valence-electron chi connectivity index (χ4n) is 3.46. The molecule has 162 valence electrons. The number of benzene rings is 2. The lowest BCUT2D eigenvalue weighted by molar-refractivity contribution is -0.347. The van der Waals surface area contributed by atoms with Crippen LogP contribution in [-0.2, 0) is 4.79 Å². The summed E-state index contributed by atoms with van der Waals surface area (Å²) in [6, 6.07) is 20.0. The Labute approximate surface area is 188 Å². The number of hydrogen-bond donors (Lipinski definition) is 3. The lowest BCUT2D eigenvalue weighted by atomic mass is 10.1. The van der Waals surface area contributed by atoms with Gasteiger partial charge < -0.3 is 10.4 Å². The number of halogens is 1. The predicted octanol–water partition coefficient (Wildman–Crippen LogP) is 3.92. The van der Waals surface area contributed by atoms with E-state index in [4.69, 9.17) is 16.7 Å². The maximum Gasteiger partial charge on any atom is 0.303 e. The van der Waals surface area contributed by atoms with Gasteiger partial charge >= 0.3 is 5.97 Å². The molecule has 0 bridgehead atoms. The molecule has 0 saturated carbocycles. The van der Waals surface area contributed by atoms with Crippen LogP contribution in [0.5, 0.6) is 0 Å². The number of nitrogens with zero attached hydrogens (tertiary/aromatic N) is 1. The molecule has 0 saturated heterocycles. The van der Waals surface area contributed by atoms with Crippen LogP contribution in [0.15, 0.2) is 83.0 Å². The maximum absolute atomic E-state index is 10.7. The normalized spacial score (nSPS) is 16.2. The summed E-state index contributed by atoms with van der Waals surface area (Å²) in [6.07, 6.45) is 6.77. The molecule has 0 radical (unpaired) electrons. The van der Waals surface area contributed by atoms with E-state index in [-0.39, 0.29) is 6.42 Å². The van der Waals surface area contributed by atoms with E-state index in [1.165, 1.54) is 0 Å². The average molecular weight is 439 g/mol. The van der Waals surface area contributed by atoms with Gasteiger partial charge in [-0.1, -0.05) is 54.4 Å². The van der Waals surface area contributed by atoms with Gasteiger partial charge in [-0.2, -0.15) is 0 Å². The molecule has 0 aromatic heterocycles. The van der Waals surface area contributed by atoms with Crippen LogP contribution in [0.2, 0.25) is 0 Å². The van der Waals surface area contributed by atoms with Gasteiger partial charge in [0.15, 0.2) is 6.21 Å². The summed E-state index contributed by atoms with van der Waals surface area (Å²) in [5.74, 6) is -0.728. The van der Waals surface area contributed by atoms with Crippen LogP contribution in [-0.4, -0.2) is 41.8 Å². The molecule has 31 heavy (non-hydrogen) atoms. The van der Waals surface area contributed by atoms with E-state index in [0.29, 0.717) is 6.42 Å². The second kappa shape index (κ2) is 12.1. The van der Waals surface area contributed by atoms with Crippen molar-refractivity contribution in [3.8, 4) is 0 Å². The van der Waals surface area contributed by atoms with Crippen molar-refractivity contribution in [2.45, 2.75) is 25.7 Å². The van der Waals surface area contributed by atoms with Crippen molar-refractivity contribution in [2.24, 2.45) is 0 Å². The third kappa shape index (κ3) is 7.70. The van der Waals surface area contributed by atoms with Gasteiger partial charge in [0.25, 0.3) is 0 Å². The first-order valence-corrected chi connectivity index (χ1v) is 11.0. The molecule has 0 fully saturated rings. The number of para-hydroxylation sites is 2. The van der Waals surface area contributed by atoms with Gasteiger partial charge in [-0.25, -0.2) is 4.99 Å². The van der Waals surface area contributed by atoms with Gasteiger partial charge in [-0.05, 0) is 31.5 Å². The minimum absolute atomic E-state index is 0.234. The molecule has 1 aliphatic rings. The molecule has 1 heterocycles. The standard InChI is InChI=1S/C25H28ClN3O2/c26-25-20(16-27-22-10-4-1-5-11-22)18-29(15-9-3-8-14-24(30)31)19-21(25)17-28-23-12-6-2-7-13-23/h1-2,4-7,10-13,16-17,27H,3,8-9,14-15,18-19H2,(H,30,31)/p+1/b20-16+,28-17?. The van der Waals surface area contributed by atoms with E-state index in [1.807, 2.05) is 73.1 Å². The Bertz CT molecular complexity index is 940. The predicted molar refractivity (Wildman–Crippen MR) is 127 cm³/mol. The third-order valence-corrected chi connectivity index (χ3v) is 5.58. The Morgan fingerprint density at radius 2 is 1.74 bits per heavy atom. The lowest BCUT2D eigenvalue weighted by Gasteiger charge is -2.28. The van der Waals surface area contributed by atoms with Crippen LogP contribution in [0.4, 0.5) is 11.4 Å². The third-order valence-electron chi connectivity index (χ3n) is 5.09. The first-order valence-electron chi connectivity index (χ1n) is 10.6. The molecule has 0 atom stereocenters. The highest BCUT2D eigenvalue weighted by molar-refractivity contribution is 6.33. The number of carboxylic acids is 1. The van der Waals surface area contributed by atoms with Crippen molar-refractivity contribution < 1.29 is 14.9 Å². The summed E-state index contributed by atoms with van der Waals surface area (Å²) in [6.45, 7) is 2.40. The zero-order valence-electron chi connectivity index (χ0n) is 17.6. The summed E-state index contributed by atoms with van der Waals surface area (Å²) in [5.41, 5.74) is 4.09. The van der Waals surface area contributed by atoms with Crippen molar-refractivity contribution in [3.63, 3.8) is 0 Å². The second-order valence-electron chi connectivity index (χ2n) is 7.59. The highest BCUT2D eigenvalue weighted by Crippen LogP contribution is 2.26. The monoisotopic (exact) mass is 438 g/mol. The summed E-state index contributed by atoms with van der Waals surface area (Å²) >= 11 is 6.77. The molecule has 0 amide bonds. The number of hydrogen-bond acceptors (Lipinski definition) is 3. The van der Waals surface area contributed by atoms with Crippen LogP contribution in [0.25, 0.3) is 0 Å². The molecule has 3 rings (SSSR count). The zero-order chi connectivity index (χ0) is 21.9. The number of rotatable bonds is 10. The molecular weight excluding hydrogens is 410 g/mol. The number of anilines is 1. The van der Waals surface area contributed by atoms with Gasteiger partial charge in [-0.3, -0.25) is 9.69 Å². The van der Waals surface area contributed by atoms with Crippen LogP contribution in [0.3, 0.4) is 0 Å². The SMILES string of the molecule is O=C(O)CCCCCN1CC(C=[NH+]c2ccccc2)=C(Cl)/C(=C/Nc2ccccc2)C1. The van der Waals surface area contributed by atoms with Crippen molar-refractivity contribution in [3.05, 3.63) is 83.0 Å². The number of unbranched alkanes of at least 4 members (excludes halogenated alkanes) is 2. The highest BCUT2D eigenvalue weighted by Gasteiger charge is 2.22. The van der Waals surface area contributed by atoms with Gasteiger partial charge in [-0.15, -0.1) is 0 Å². The van der Waals surface area contributed by atoms with Crippen LogP contribution < -0.4 is 10.3 Å². The Balaban J connectivity index is 1.71. The summed E-state index contributed by atoms with van der Waals surface area (Å²) in [4.78, 5) is 16.4. The Kier molecular flexibility index (Phi) is 8.88. The van der Waals surface area contributed by atoms with Crippen molar-refractivity contribution in [2.75, 3.05) is 25.0 Å². The smallest absolute Gasteiger partial charge is 0.303 e. The molecule has 2 aromatic carbocycles. The van der Waals surface area contributed by atoms with Gasteiger partial charge in [0.1, 0.15) is 0 Å². The fraction of sp³-hybridized carbons (Fsp3) is 0.280. The minimum Gasteiger partial charge on any atom is -0.481 e. The summed E-state index contributed by atoms with van der Waals surface area (Å²) < 4.78 is 0. The molecular formula is C25H29ClN3O2+. The van der Waals surface area contributed by atoms with E-state index < -0.39 is 5.97 Å². The number of aliphatic carboxylic acids is 1. The van der Waals surface area contributed by atoms with Crippen LogP contribution in [0.1, 0.15) is 25.7 Å². The quantitative estimate of drug-likeness (QED) is 0.388. The molecule has 0 aliphatic carbocycles. The Hall–Kier alpha value is -2.89. The molecule has 0 spiro atoms. The van der Waals surface area contributed by atoms with E-state index >= 15 is 0 Å². The fourth-order valence-corrected chi connectivity index (χ4v) is 3.69. The first kappa shape index (κ1) is 22.8. The molecule has 2 aromatic rings. The van der Waals surface area contributed by atoms with E-state index in [9.17, 15) is 4.79 Å². The van der Waals surface area contributed by atoms with Gasteiger partial charge in [0.2, 0.25) is 5.69 Å². The molecule has 6 heteroatoms. The Morgan fingerprint density at radius 3 is 2.45 bits per heavy atom.